The zero-order valence-corrected chi connectivity index (χ0v) is 14.7. The van der Waals surface area contributed by atoms with Crippen molar-refractivity contribution in [2.24, 2.45) is 0 Å². The second-order valence-electron chi connectivity index (χ2n) is 5.24. The van der Waals surface area contributed by atoms with Gasteiger partial charge in [-0.3, -0.25) is 14.7 Å². The predicted molar refractivity (Wildman–Crippen MR) is 98.6 cm³/mol. The largest absolute Gasteiger partial charge is 0.294 e. The number of nitrogens with zero attached hydrogens (tertiary/aromatic N) is 1. The third-order valence-electron chi connectivity index (χ3n) is 3.70. The first-order chi connectivity index (χ1) is 11.5. The van der Waals surface area contributed by atoms with E-state index in [1.807, 2.05) is 30.5 Å². The Balaban J connectivity index is 2.27. The maximum absolute atomic E-state index is 12.8. The maximum Gasteiger partial charge on any atom is 0.282 e. The van der Waals surface area contributed by atoms with E-state index in [0.717, 1.165) is 10.5 Å². The van der Waals surface area contributed by atoms with Gasteiger partial charge >= 0.3 is 0 Å². The summed E-state index contributed by atoms with van der Waals surface area (Å²) >= 11 is 7.47. The van der Waals surface area contributed by atoms with Crippen LogP contribution in [0.1, 0.15) is 17.3 Å². The number of halogens is 1. The number of Topliss-reactive ketones (excluding diaryl/α,β-unsaturated/α-hetero) is 1. The Morgan fingerprint density at radius 1 is 1.12 bits per heavy atom. The quantitative estimate of drug-likeness (QED) is 0.555. The summed E-state index contributed by atoms with van der Waals surface area (Å²) in [5, 5.41) is 3.67. The summed E-state index contributed by atoms with van der Waals surface area (Å²) in [6, 6.07) is 14.5. The number of thioether (sulfide) groups is 1. The van der Waals surface area contributed by atoms with E-state index in [1.54, 1.807) is 36.0 Å². The van der Waals surface area contributed by atoms with Crippen LogP contribution in [0.3, 0.4) is 0 Å². The van der Waals surface area contributed by atoms with Gasteiger partial charge in [0.1, 0.15) is 5.56 Å². The molecule has 0 spiro atoms. The van der Waals surface area contributed by atoms with Gasteiger partial charge in [-0.15, -0.1) is 11.8 Å². The normalized spacial score (nSPS) is 10.8. The number of aromatic nitrogens is 2. The summed E-state index contributed by atoms with van der Waals surface area (Å²) in [6.45, 7) is 1.40. The monoisotopic (exact) mass is 358 g/mol. The number of carbonyl (C=O) groups is 1. The van der Waals surface area contributed by atoms with Crippen molar-refractivity contribution < 1.29 is 4.79 Å². The molecule has 4 nitrogen and oxygen atoms in total. The molecule has 1 heterocycles. The highest BCUT2D eigenvalue weighted by molar-refractivity contribution is 7.98. The number of ketones is 1. The molecule has 0 radical (unpaired) electrons. The lowest BCUT2D eigenvalue weighted by molar-refractivity contribution is 0.101. The first kappa shape index (κ1) is 16.6. The van der Waals surface area contributed by atoms with Crippen LogP contribution in [-0.4, -0.2) is 21.8 Å². The average Bonchev–Trinajstić information content (AvgIpc) is 2.93. The zero-order valence-electron chi connectivity index (χ0n) is 13.2. The molecule has 1 aromatic heterocycles. The standard InChI is InChI=1S/C18H15ClN2O2S/c1-11(22)16-17(14-5-3-4-6-15(14)24-2)20-21(18(16)23)13-9-7-12(19)8-10-13/h3-10,20H,1-2H3. The Bertz CT molecular complexity index is 958. The van der Waals surface area contributed by atoms with Gasteiger partial charge in [0.25, 0.3) is 5.56 Å². The Morgan fingerprint density at radius 3 is 2.42 bits per heavy atom. The van der Waals surface area contributed by atoms with E-state index in [-0.39, 0.29) is 16.9 Å². The van der Waals surface area contributed by atoms with Crippen LogP contribution in [0.25, 0.3) is 16.9 Å². The Hall–Kier alpha value is -2.24. The Labute approximate surface area is 148 Å². The lowest BCUT2D eigenvalue weighted by atomic mass is 10.1. The van der Waals surface area contributed by atoms with Gasteiger partial charge in [-0.1, -0.05) is 29.8 Å². The summed E-state index contributed by atoms with van der Waals surface area (Å²) in [5.41, 5.74) is 1.79. The van der Waals surface area contributed by atoms with Crippen molar-refractivity contribution in [2.45, 2.75) is 11.8 Å². The van der Waals surface area contributed by atoms with E-state index >= 15 is 0 Å². The molecule has 0 aliphatic rings. The van der Waals surface area contributed by atoms with E-state index in [4.69, 9.17) is 11.6 Å². The molecule has 0 aliphatic heterocycles. The molecule has 0 amide bonds. The molecule has 0 bridgehead atoms. The van der Waals surface area contributed by atoms with Gasteiger partial charge in [-0.05, 0) is 43.5 Å². The number of aromatic amines is 1. The van der Waals surface area contributed by atoms with Crippen molar-refractivity contribution in [2.75, 3.05) is 6.26 Å². The van der Waals surface area contributed by atoms with Gasteiger partial charge in [0, 0.05) is 15.5 Å². The third kappa shape index (κ3) is 2.92. The fraction of sp³-hybridized carbons (Fsp3) is 0.111. The molecular formula is C18H15ClN2O2S. The van der Waals surface area contributed by atoms with Crippen LogP contribution in [0.15, 0.2) is 58.2 Å². The molecule has 0 saturated heterocycles. The number of rotatable bonds is 4. The van der Waals surface area contributed by atoms with Crippen molar-refractivity contribution in [3.05, 3.63) is 69.5 Å². The molecule has 6 heteroatoms. The van der Waals surface area contributed by atoms with Crippen molar-refractivity contribution >= 4 is 29.1 Å². The molecule has 24 heavy (non-hydrogen) atoms. The molecular weight excluding hydrogens is 344 g/mol. The molecule has 3 rings (SSSR count). The molecule has 3 aromatic rings. The van der Waals surface area contributed by atoms with Gasteiger partial charge in [-0.2, -0.15) is 0 Å². The molecule has 0 atom stereocenters. The zero-order chi connectivity index (χ0) is 17.3. The Morgan fingerprint density at radius 2 is 1.79 bits per heavy atom. The fourth-order valence-electron chi connectivity index (χ4n) is 2.58. The number of carbonyl (C=O) groups excluding carboxylic acids is 1. The van der Waals surface area contributed by atoms with Gasteiger partial charge in [-0.25, -0.2) is 4.68 Å². The first-order valence-electron chi connectivity index (χ1n) is 7.28. The van der Waals surface area contributed by atoms with Gasteiger partial charge < -0.3 is 0 Å². The summed E-state index contributed by atoms with van der Waals surface area (Å²) in [7, 11) is 0. The van der Waals surface area contributed by atoms with E-state index in [0.29, 0.717) is 16.4 Å². The van der Waals surface area contributed by atoms with Crippen molar-refractivity contribution in [3.63, 3.8) is 0 Å². The lowest BCUT2D eigenvalue weighted by Gasteiger charge is -2.06. The van der Waals surface area contributed by atoms with Crippen molar-refractivity contribution in [1.82, 2.24) is 9.78 Å². The van der Waals surface area contributed by atoms with Crippen LogP contribution in [0, 0.1) is 0 Å². The predicted octanol–water partition coefficient (Wildman–Crippen LogP) is 4.41. The molecule has 0 aliphatic carbocycles. The van der Waals surface area contributed by atoms with Crippen LogP contribution in [0.4, 0.5) is 0 Å². The van der Waals surface area contributed by atoms with Crippen molar-refractivity contribution in [3.8, 4) is 16.9 Å². The van der Waals surface area contributed by atoms with Crippen LogP contribution in [0.5, 0.6) is 0 Å². The van der Waals surface area contributed by atoms with Crippen LogP contribution < -0.4 is 5.56 Å². The number of hydrogen-bond donors (Lipinski definition) is 1. The smallest absolute Gasteiger partial charge is 0.282 e. The maximum atomic E-state index is 12.8. The highest BCUT2D eigenvalue weighted by Gasteiger charge is 2.21. The SMILES string of the molecule is CSc1ccccc1-c1[nH]n(-c2ccc(Cl)cc2)c(=O)c1C(C)=O. The third-order valence-corrected chi connectivity index (χ3v) is 4.75. The number of benzene rings is 2. The van der Waals surface area contributed by atoms with Gasteiger partial charge in [0.2, 0.25) is 0 Å². The van der Waals surface area contributed by atoms with Gasteiger partial charge in [0.15, 0.2) is 5.78 Å². The van der Waals surface area contributed by atoms with E-state index in [2.05, 4.69) is 5.10 Å². The summed E-state index contributed by atoms with van der Waals surface area (Å²) < 4.78 is 1.37. The van der Waals surface area contributed by atoms with Crippen LogP contribution in [-0.2, 0) is 0 Å². The minimum Gasteiger partial charge on any atom is -0.294 e. The van der Waals surface area contributed by atoms with Crippen LogP contribution in [0.2, 0.25) is 5.02 Å². The van der Waals surface area contributed by atoms with Gasteiger partial charge in [0.05, 0.1) is 11.4 Å². The number of hydrogen-bond acceptors (Lipinski definition) is 3. The topological polar surface area (TPSA) is 54.9 Å². The lowest BCUT2D eigenvalue weighted by Crippen LogP contribution is -2.19. The molecule has 1 N–H and O–H groups in total. The highest BCUT2D eigenvalue weighted by atomic mass is 35.5. The number of nitrogens with one attached hydrogen (secondary N) is 1. The highest BCUT2D eigenvalue weighted by Crippen LogP contribution is 2.30. The van der Waals surface area contributed by atoms with Crippen LogP contribution >= 0.6 is 23.4 Å². The molecule has 122 valence electrons. The van der Waals surface area contributed by atoms with E-state index in [9.17, 15) is 9.59 Å². The molecule has 0 fully saturated rings. The second-order valence-corrected chi connectivity index (χ2v) is 6.52. The number of H-pyrrole nitrogens is 1. The molecule has 2 aromatic carbocycles. The summed E-state index contributed by atoms with van der Waals surface area (Å²) in [6.07, 6.45) is 1.96. The van der Waals surface area contributed by atoms with Crippen molar-refractivity contribution in [1.29, 1.82) is 0 Å². The molecule has 0 unspecified atom stereocenters. The average molecular weight is 359 g/mol. The second kappa shape index (κ2) is 6.71. The first-order valence-corrected chi connectivity index (χ1v) is 8.88. The molecule has 0 saturated carbocycles. The minimum absolute atomic E-state index is 0.159. The summed E-state index contributed by atoms with van der Waals surface area (Å²) in [5.74, 6) is -0.269. The Kier molecular flexibility index (Phi) is 4.64. The summed E-state index contributed by atoms with van der Waals surface area (Å²) in [4.78, 5) is 25.8. The van der Waals surface area contributed by atoms with E-state index < -0.39 is 0 Å². The van der Waals surface area contributed by atoms with E-state index in [1.165, 1.54) is 11.6 Å². The minimum atomic E-state index is -0.365. The fourth-order valence-corrected chi connectivity index (χ4v) is 3.31.